The van der Waals surface area contributed by atoms with Crippen LogP contribution in [0, 0.1) is 0 Å². The average molecular weight is 289 g/mol. The Balaban J connectivity index is 2.08. The van der Waals surface area contributed by atoms with E-state index in [0.29, 0.717) is 5.56 Å². The van der Waals surface area contributed by atoms with Crippen molar-refractivity contribution in [3.05, 3.63) is 36.2 Å². The van der Waals surface area contributed by atoms with Gasteiger partial charge in [0.1, 0.15) is 6.33 Å². The number of carbonyl (C=O) groups is 2. The number of aliphatic carboxylic acids is 1. The third-order valence-electron chi connectivity index (χ3n) is 2.79. The second kappa shape index (κ2) is 5.70. The number of hydrogen-bond acceptors (Lipinski definition) is 5. The van der Waals surface area contributed by atoms with Gasteiger partial charge in [-0.1, -0.05) is 0 Å². The first-order chi connectivity index (χ1) is 9.87. The number of hydrogen-bond donors (Lipinski definition) is 2. The Morgan fingerprint density at radius 2 is 1.95 bits per heavy atom. The van der Waals surface area contributed by atoms with Crippen molar-refractivity contribution in [2.45, 2.75) is 25.8 Å². The highest BCUT2D eigenvalue weighted by molar-refractivity contribution is 5.95. The van der Waals surface area contributed by atoms with E-state index in [1.165, 1.54) is 11.0 Å². The first kappa shape index (κ1) is 14.6. The molecule has 1 aromatic carbocycles. The first-order valence-electron chi connectivity index (χ1n) is 6.25. The topological polar surface area (TPSA) is 110 Å². The lowest BCUT2D eigenvalue weighted by atomic mass is 10.00. The van der Waals surface area contributed by atoms with E-state index < -0.39 is 11.5 Å². The summed E-state index contributed by atoms with van der Waals surface area (Å²) < 4.78 is 1.47. The molecule has 0 bridgehead atoms. The van der Waals surface area contributed by atoms with Crippen LogP contribution in [-0.2, 0) is 4.79 Å². The van der Waals surface area contributed by atoms with Crippen molar-refractivity contribution in [1.82, 2.24) is 25.5 Å². The Hall–Kier alpha value is -2.77. The van der Waals surface area contributed by atoms with Gasteiger partial charge in [0.05, 0.1) is 12.1 Å². The Bertz CT molecular complexity index is 634. The number of carboxylic acids is 1. The molecule has 0 fully saturated rings. The highest BCUT2D eigenvalue weighted by atomic mass is 16.4. The van der Waals surface area contributed by atoms with Crippen LogP contribution in [0.5, 0.6) is 0 Å². The lowest BCUT2D eigenvalue weighted by molar-refractivity contribution is -0.138. The maximum Gasteiger partial charge on any atom is 0.305 e. The first-order valence-corrected chi connectivity index (χ1v) is 6.25. The van der Waals surface area contributed by atoms with E-state index in [1.807, 2.05) is 0 Å². The highest BCUT2D eigenvalue weighted by Crippen LogP contribution is 2.12. The molecule has 0 spiro atoms. The summed E-state index contributed by atoms with van der Waals surface area (Å²) in [6, 6.07) is 6.66. The Kier molecular flexibility index (Phi) is 3.97. The standard InChI is InChI=1S/C13H15N5O3/c1-13(2,7-11(19)20)15-12(21)9-3-5-10(6-4-9)18-8-14-16-17-18/h3-6,8H,7H2,1-2H3,(H,15,21)(H,19,20). The van der Waals surface area contributed by atoms with Crippen molar-refractivity contribution < 1.29 is 14.7 Å². The fraction of sp³-hybridized carbons (Fsp3) is 0.308. The molecular formula is C13H15N5O3. The van der Waals surface area contributed by atoms with Gasteiger partial charge in [-0.3, -0.25) is 9.59 Å². The number of nitrogens with one attached hydrogen (secondary N) is 1. The zero-order valence-corrected chi connectivity index (χ0v) is 11.6. The van der Waals surface area contributed by atoms with Gasteiger partial charge < -0.3 is 10.4 Å². The molecule has 2 rings (SSSR count). The highest BCUT2D eigenvalue weighted by Gasteiger charge is 2.24. The maximum atomic E-state index is 12.1. The van der Waals surface area contributed by atoms with E-state index in [0.717, 1.165) is 5.69 Å². The number of tetrazole rings is 1. The molecule has 1 heterocycles. The molecule has 1 amide bonds. The molecule has 2 aromatic rings. The van der Waals surface area contributed by atoms with E-state index in [2.05, 4.69) is 20.8 Å². The third-order valence-corrected chi connectivity index (χ3v) is 2.79. The number of benzene rings is 1. The van der Waals surface area contributed by atoms with Gasteiger partial charge in [-0.2, -0.15) is 0 Å². The van der Waals surface area contributed by atoms with Gasteiger partial charge in [0.2, 0.25) is 0 Å². The number of amides is 1. The van der Waals surface area contributed by atoms with Crippen molar-refractivity contribution >= 4 is 11.9 Å². The summed E-state index contributed by atoms with van der Waals surface area (Å²) in [5.41, 5.74) is 0.337. The second-order valence-corrected chi connectivity index (χ2v) is 5.21. The fourth-order valence-corrected chi connectivity index (χ4v) is 1.85. The normalized spacial score (nSPS) is 11.1. The third kappa shape index (κ3) is 3.85. The van der Waals surface area contributed by atoms with E-state index >= 15 is 0 Å². The van der Waals surface area contributed by atoms with Crippen LogP contribution in [-0.4, -0.2) is 42.7 Å². The Morgan fingerprint density at radius 3 is 2.48 bits per heavy atom. The predicted molar refractivity (Wildman–Crippen MR) is 73.0 cm³/mol. The Morgan fingerprint density at radius 1 is 1.29 bits per heavy atom. The van der Waals surface area contributed by atoms with Crippen LogP contribution in [0.25, 0.3) is 5.69 Å². The van der Waals surface area contributed by atoms with E-state index in [4.69, 9.17) is 5.11 Å². The molecule has 0 saturated carbocycles. The van der Waals surface area contributed by atoms with Gasteiger partial charge in [0, 0.05) is 11.1 Å². The van der Waals surface area contributed by atoms with E-state index in [-0.39, 0.29) is 12.3 Å². The monoisotopic (exact) mass is 289 g/mol. The fourth-order valence-electron chi connectivity index (χ4n) is 1.85. The SMILES string of the molecule is CC(C)(CC(=O)O)NC(=O)c1ccc(-n2cnnn2)cc1. The molecule has 110 valence electrons. The van der Waals surface area contributed by atoms with Gasteiger partial charge in [-0.05, 0) is 48.5 Å². The Labute approximate surface area is 120 Å². The number of aromatic nitrogens is 4. The molecule has 0 radical (unpaired) electrons. The minimum Gasteiger partial charge on any atom is -0.481 e. The quantitative estimate of drug-likeness (QED) is 0.836. The molecule has 1 aromatic heterocycles. The lowest BCUT2D eigenvalue weighted by Gasteiger charge is -2.24. The smallest absolute Gasteiger partial charge is 0.305 e. The second-order valence-electron chi connectivity index (χ2n) is 5.21. The average Bonchev–Trinajstić information content (AvgIpc) is 2.90. The molecule has 0 aliphatic heterocycles. The van der Waals surface area contributed by atoms with Gasteiger partial charge in [-0.15, -0.1) is 5.10 Å². The van der Waals surface area contributed by atoms with Crippen molar-refractivity contribution in [1.29, 1.82) is 0 Å². The summed E-state index contributed by atoms with van der Waals surface area (Å²) >= 11 is 0. The number of rotatable bonds is 5. The maximum absolute atomic E-state index is 12.1. The molecule has 0 atom stereocenters. The van der Waals surface area contributed by atoms with Crippen LogP contribution in [0.3, 0.4) is 0 Å². The largest absolute Gasteiger partial charge is 0.481 e. The zero-order chi connectivity index (χ0) is 15.5. The van der Waals surface area contributed by atoms with Crippen LogP contribution in [0.4, 0.5) is 0 Å². The summed E-state index contributed by atoms with van der Waals surface area (Å²) in [7, 11) is 0. The van der Waals surface area contributed by atoms with E-state index in [9.17, 15) is 9.59 Å². The van der Waals surface area contributed by atoms with Crippen molar-refractivity contribution in [3.8, 4) is 5.69 Å². The molecule has 0 aliphatic carbocycles. The molecule has 0 saturated heterocycles. The van der Waals surface area contributed by atoms with Gasteiger partial charge >= 0.3 is 5.97 Å². The van der Waals surface area contributed by atoms with Crippen molar-refractivity contribution in [2.75, 3.05) is 0 Å². The summed E-state index contributed by atoms with van der Waals surface area (Å²) in [6.07, 6.45) is 1.30. The number of carboxylic acid groups (broad SMARTS) is 1. The zero-order valence-electron chi connectivity index (χ0n) is 11.6. The van der Waals surface area contributed by atoms with E-state index in [1.54, 1.807) is 38.1 Å². The summed E-state index contributed by atoms with van der Waals surface area (Å²) in [5.74, 6) is -1.29. The number of carbonyl (C=O) groups excluding carboxylic acids is 1. The minimum absolute atomic E-state index is 0.151. The molecule has 21 heavy (non-hydrogen) atoms. The summed E-state index contributed by atoms with van der Waals surface area (Å²) in [6.45, 7) is 3.32. The summed E-state index contributed by atoms with van der Waals surface area (Å²) in [5, 5.41) is 22.3. The van der Waals surface area contributed by atoms with Crippen LogP contribution < -0.4 is 5.32 Å². The van der Waals surface area contributed by atoms with Gasteiger partial charge in [0.25, 0.3) is 5.91 Å². The molecule has 2 N–H and O–H groups in total. The van der Waals surface area contributed by atoms with Crippen LogP contribution in [0.1, 0.15) is 30.6 Å². The number of nitrogens with zero attached hydrogens (tertiary/aromatic N) is 4. The van der Waals surface area contributed by atoms with Crippen molar-refractivity contribution in [2.24, 2.45) is 0 Å². The van der Waals surface area contributed by atoms with Gasteiger partial charge in [-0.25, -0.2) is 4.68 Å². The van der Waals surface area contributed by atoms with Crippen LogP contribution >= 0.6 is 0 Å². The van der Waals surface area contributed by atoms with Crippen molar-refractivity contribution in [3.63, 3.8) is 0 Å². The van der Waals surface area contributed by atoms with Crippen LogP contribution in [0.15, 0.2) is 30.6 Å². The van der Waals surface area contributed by atoms with Crippen LogP contribution in [0.2, 0.25) is 0 Å². The molecular weight excluding hydrogens is 274 g/mol. The lowest BCUT2D eigenvalue weighted by Crippen LogP contribution is -2.44. The molecule has 8 nitrogen and oxygen atoms in total. The molecule has 8 heteroatoms. The minimum atomic E-state index is -0.964. The summed E-state index contributed by atoms with van der Waals surface area (Å²) in [4.78, 5) is 22.8. The molecule has 0 aliphatic rings. The predicted octanol–water partition coefficient (Wildman–Crippen LogP) is 0.645. The van der Waals surface area contributed by atoms with Gasteiger partial charge in [0.15, 0.2) is 0 Å². The molecule has 0 unspecified atom stereocenters.